The van der Waals surface area contributed by atoms with Crippen LogP contribution in [0.4, 0.5) is 0 Å². The maximum absolute atomic E-state index is 4.56. The van der Waals surface area contributed by atoms with Crippen molar-refractivity contribution in [2.45, 2.75) is 39.3 Å². The number of hydrogen-bond acceptors (Lipinski definition) is 0. The van der Waals surface area contributed by atoms with Crippen molar-refractivity contribution in [1.82, 2.24) is 0 Å². The van der Waals surface area contributed by atoms with Crippen LogP contribution in [0.3, 0.4) is 0 Å². The van der Waals surface area contributed by atoms with Crippen LogP contribution in [0.25, 0.3) is 0 Å². The Morgan fingerprint density at radius 1 is 0.700 bits per heavy atom. The SMILES string of the molecule is C[Si](C)C.C[Si](C)C.[Al][Cl]. The fourth-order valence-electron chi connectivity index (χ4n) is 0. The molecule has 0 bridgehead atoms. The van der Waals surface area contributed by atoms with Gasteiger partial charge in [-0.05, 0) is 0 Å². The first-order chi connectivity index (χ1) is 4.46. The Labute approximate surface area is 82.2 Å². The van der Waals surface area contributed by atoms with Crippen molar-refractivity contribution in [1.29, 1.82) is 0 Å². The second-order valence-electron chi connectivity index (χ2n) is 3.00. The van der Waals surface area contributed by atoms with Gasteiger partial charge in [-0.25, -0.2) is 0 Å². The lowest BCUT2D eigenvalue weighted by molar-refractivity contribution is 1.91. The van der Waals surface area contributed by atoms with E-state index in [0.717, 1.165) is 0 Å². The number of halogens is 1. The fourth-order valence-corrected chi connectivity index (χ4v) is 0. The summed E-state index contributed by atoms with van der Waals surface area (Å²) >= 11 is 1.89. The van der Waals surface area contributed by atoms with Crippen LogP contribution in [0.5, 0.6) is 0 Å². The van der Waals surface area contributed by atoms with Gasteiger partial charge in [-0.1, -0.05) is 39.3 Å². The van der Waals surface area contributed by atoms with E-state index in [1.54, 1.807) is 0 Å². The van der Waals surface area contributed by atoms with E-state index in [0.29, 0.717) is 0 Å². The topological polar surface area (TPSA) is 0 Å². The molecule has 0 atom stereocenters. The van der Waals surface area contributed by atoms with Crippen LogP contribution in [-0.4, -0.2) is 33.0 Å². The zero-order chi connectivity index (χ0) is 9.15. The van der Waals surface area contributed by atoms with Crippen LogP contribution in [-0.2, 0) is 0 Å². The summed E-state index contributed by atoms with van der Waals surface area (Å²) in [5.41, 5.74) is 0. The van der Waals surface area contributed by atoms with E-state index in [2.05, 4.69) is 49.3 Å². The second-order valence-corrected chi connectivity index (χ2v) is 9.00. The average Bonchev–Trinajstić information content (AvgIpc) is 1.66. The molecule has 0 aliphatic heterocycles. The molecule has 0 nitrogen and oxygen atoms in total. The van der Waals surface area contributed by atoms with Crippen molar-refractivity contribution < 1.29 is 0 Å². The molecule has 0 spiro atoms. The van der Waals surface area contributed by atoms with Crippen molar-refractivity contribution in [3.05, 3.63) is 0 Å². The third kappa shape index (κ3) is 400. The molecule has 4 heteroatoms. The molecule has 0 saturated carbocycles. The molecule has 10 heavy (non-hydrogen) atoms. The molecule has 0 fully saturated rings. The van der Waals surface area contributed by atoms with Crippen molar-refractivity contribution in [3.63, 3.8) is 0 Å². The standard InChI is InChI=1S/2C3H9Si.Al.ClH/c2*1-4(2)3;;/h2*1-3H3;;1H/q;;+1;/p-1. The maximum Gasteiger partial charge on any atom is 0.293 e. The van der Waals surface area contributed by atoms with Gasteiger partial charge in [0.1, 0.15) is 0 Å². The van der Waals surface area contributed by atoms with Gasteiger partial charge in [0.2, 0.25) is 0 Å². The summed E-state index contributed by atoms with van der Waals surface area (Å²) in [7, 11) is 4.80. The first-order valence-electron chi connectivity index (χ1n) is 3.22. The van der Waals surface area contributed by atoms with Crippen LogP contribution in [0.2, 0.25) is 39.3 Å². The van der Waals surface area contributed by atoms with E-state index in [1.807, 2.05) is 15.4 Å². The lowest BCUT2D eigenvalue weighted by Crippen LogP contribution is -1.84. The predicted molar refractivity (Wildman–Crippen MR) is 58.3 cm³/mol. The molecule has 0 heterocycles. The third-order valence-corrected chi connectivity index (χ3v) is 0. The summed E-state index contributed by atoms with van der Waals surface area (Å²) in [6.07, 6.45) is 0. The molecule has 60 valence electrons. The lowest BCUT2D eigenvalue weighted by atomic mass is 11.8. The van der Waals surface area contributed by atoms with Gasteiger partial charge in [-0.2, -0.15) is 0 Å². The molecule has 0 unspecified atom stereocenters. The molecule has 0 amide bonds. The normalized spacial score (nSPS) is 7.70. The summed E-state index contributed by atoms with van der Waals surface area (Å²) < 4.78 is 0. The molecule has 0 N–H and O–H groups in total. The number of rotatable bonds is 0. The zero-order valence-electron chi connectivity index (χ0n) is 7.96. The Hall–Kier alpha value is 1.26. The highest BCUT2D eigenvalue weighted by atomic mass is 35.6. The molecule has 0 aliphatic carbocycles. The van der Waals surface area contributed by atoms with E-state index >= 15 is 0 Å². The van der Waals surface area contributed by atoms with Gasteiger partial charge in [-0.15, -0.1) is 0 Å². The molecule has 4 radical (unpaired) electrons. The molecule has 0 aromatic carbocycles. The summed E-state index contributed by atoms with van der Waals surface area (Å²) in [5, 5.41) is 0. The summed E-state index contributed by atoms with van der Waals surface area (Å²) in [5.74, 6) is 0. The van der Waals surface area contributed by atoms with E-state index in [1.165, 1.54) is 0 Å². The number of hydrogen-bond donors (Lipinski definition) is 0. The smallest absolute Gasteiger partial charge is 0.293 e. The average molecular weight is 209 g/mol. The summed E-state index contributed by atoms with van der Waals surface area (Å²) in [6.45, 7) is 13.6. The Balaban J connectivity index is -0.0000000787. The van der Waals surface area contributed by atoms with E-state index in [-0.39, 0.29) is 17.6 Å². The lowest BCUT2D eigenvalue weighted by Gasteiger charge is -1.75. The van der Waals surface area contributed by atoms with Gasteiger partial charge in [0.25, 0.3) is 15.4 Å². The minimum atomic E-state index is 0.120. The molecule has 0 saturated heterocycles. The Kier molecular flexibility index (Phi) is 29.0. The molecular formula is C6H18AlClSi2. The van der Waals surface area contributed by atoms with E-state index in [4.69, 9.17) is 0 Å². The van der Waals surface area contributed by atoms with Gasteiger partial charge in [0.15, 0.2) is 0 Å². The Morgan fingerprint density at radius 2 is 0.700 bits per heavy atom. The monoisotopic (exact) mass is 208 g/mol. The maximum atomic E-state index is 4.56. The van der Waals surface area contributed by atoms with Gasteiger partial charge in [0.05, 0.1) is 0 Å². The zero-order valence-corrected chi connectivity index (χ0v) is 11.9. The fraction of sp³-hybridized carbons (Fsp3) is 1.00. The quantitative estimate of drug-likeness (QED) is 0.537. The van der Waals surface area contributed by atoms with Crippen LogP contribution in [0.1, 0.15) is 0 Å². The van der Waals surface area contributed by atoms with Crippen molar-refractivity contribution in [2.24, 2.45) is 0 Å². The van der Waals surface area contributed by atoms with E-state index in [9.17, 15) is 0 Å². The van der Waals surface area contributed by atoms with Crippen LogP contribution in [0.15, 0.2) is 0 Å². The van der Waals surface area contributed by atoms with Crippen molar-refractivity contribution in [3.8, 4) is 0 Å². The minimum absolute atomic E-state index is 0.120. The third-order valence-electron chi connectivity index (χ3n) is 0. The van der Waals surface area contributed by atoms with Crippen LogP contribution < -0.4 is 0 Å². The van der Waals surface area contributed by atoms with Crippen molar-refractivity contribution >= 4 is 43.0 Å². The Morgan fingerprint density at radius 3 is 0.700 bits per heavy atom. The predicted octanol–water partition coefficient (Wildman–Crippen LogP) is 3.05. The van der Waals surface area contributed by atoms with Gasteiger partial charge < -0.3 is 0 Å². The summed E-state index contributed by atoms with van der Waals surface area (Å²) in [4.78, 5) is 0. The molecule has 0 aromatic rings. The molecule has 0 aliphatic rings. The molecule has 0 rings (SSSR count). The van der Waals surface area contributed by atoms with Crippen LogP contribution >= 0.6 is 10.0 Å². The van der Waals surface area contributed by atoms with E-state index < -0.39 is 0 Å². The van der Waals surface area contributed by atoms with Gasteiger partial charge in [0, 0.05) is 17.6 Å². The van der Waals surface area contributed by atoms with Gasteiger partial charge >= 0.3 is 0 Å². The largest absolute Gasteiger partial charge is 0.293 e. The summed E-state index contributed by atoms with van der Waals surface area (Å²) in [6, 6.07) is 0. The van der Waals surface area contributed by atoms with Gasteiger partial charge in [-0.3, -0.25) is 10.0 Å². The van der Waals surface area contributed by atoms with Crippen LogP contribution in [0, 0.1) is 0 Å². The first-order valence-corrected chi connectivity index (χ1v) is 11.0. The highest BCUT2D eigenvalue weighted by molar-refractivity contribution is 6.80. The second kappa shape index (κ2) is 16.7. The molecular weight excluding hydrogens is 191 g/mol. The molecule has 0 aromatic heterocycles. The highest BCUT2D eigenvalue weighted by Crippen LogP contribution is 1.68. The Bertz CT molecular complexity index is 31.2. The minimum Gasteiger partial charge on any atom is -0.293 e. The van der Waals surface area contributed by atoms with Crippen molar-refractivity contribution in [2.75, 3.05) is 0 Å². The first kappa shape index (κ1) is 17.4. The highest BCUT2D eigenvalue weighted by Gasteiger charge is 1.72.